The van der Waals surface area contributed by atoms with Crippen molar-refractivity contribution in [2.24, 2.45) is 0 Å². The van der Waals surface area contributed by atoms with Gasteiger partial charge in [-0.05, 0) is 29.8 Å². The Morgan fingerprint density at radius 3 is 2.94 bits per heavy atom. The molecule has 0 saturated carbocycles. The number of nitrogens with two attached hydrogens (primary N) is 1. The maximum Gasteiger partial charge on any atom is 0.231 e. The van der Waals surface area contributed by atoms with Crippen LogP contribution < -0.4 is 10.6 Å². The second-order valence-corrected chi connectivity index (χ2v) is 4.28. The van der Waals surface area contributed by atoms with E-state index in [1.165, 1.54) is 0 Å². The fraction of sp³-hybridized carbons (Fsp3) is 0.154. The highest BCUT2D eigenvalue weighted by atomic mass is 16.2. The van der Waals surface area contributed by atoms with Crippen molar-refractivity contribution in [3.8, 4) is 11.4 Å². The Labute approximate surface area is 104 Å². The average molecular weight is 240 g/mol. The van der Waals surface area contributed by atoms with Gasteiger partial charge < -0.3 is 10.6 Å². The molecule has 5 heteroatoms. The van der Waals surface area contributed by atoms with E-state index >= 15 is 0 Å². The van der Waals surface area contributed by atoms with Crippen molar-refractivity contribution in [3.05, 3.63) is 36.0 Å². The van der Waals surface area contributed by atoms with Gasteiger partial charge in [0.05, 0.1) is 6.42 Å². The number of nitrogen functional groups attached to an aromatic ring is 1. The smallest absolute Gasteiger partial charge is 0.231 e. The molecule has 90 valence electrons. The number of fused-ring (bicyclic) bond motifs is 1. The molecule has 0 fully saturated rings. The summed E-state index contributed by atoms with van der Waals surface area (Å²) in [6.07, 6.45) is 2.06. The molecule has 2 aromatic rings. The van der Waals surface area contributed by atoms with Crippen molar-refractivity contribution in [1.82, 2.24) is 9.97 Å². The highest BCUT2D eigenvalue weighted by Gasteiger charge is 2.24. The number of nitrogens with zero attached hydrogens (tertiary/aromatic N) is 3. The van der Waals surface area contributed by atoms with E-state index < -0.39 is 0 Å². The molecule has 0 unspecified atom stereocenters. The van der Waals surface area contributed by atoms with Gasteiger partial charge in [-0.3, -0.25) is 4.79 Å². The summed E-state index contributed by atoms with van der Waals surface area (Å²) < 4.78 is 0. The third-order valence-corrected chi connectivity index (χ3v) is 3.09. The van der Waals surface area contributed by atoms with Gasteiger partial charge in [-0.15, -0.1) is 0 Å². The number of hydrogen-bond acceptors (Lipinski definition) is 4. The van der Waals surface area contributed by atoms with Gasteiger partial charge >= 0.3 is 0 Å². The predicted molar refractivity (Wildman–Crippen MR) is 69.0 cm³/mol. The van der Waals surface area contributed by atoms with E-state index in [9.17, 15) is 4.79 Å². The molecular formula is C13H12N4O. The molecule has 0 spiro atoms. The van der Waals surface area contributed by atoms with Crippen molar-refractivity contribution in [2.75, 3.05) is 17.7 Å². The lowest BCUT2D eigenvalue weighted by Gasteiger charge is -2.10. The Kier molecular flexibility index (Phi) is 2.26. The van der Waals surface area contributed by atoms with Gasteiger partial charge in [-0.1, -0.05) is 0 Å². The fourth-order valence-electron chi connectivity index (χ4n) is 2.12. The lowest BCUT2D eigenvalue weighted by molar-refractivity contribution is -0.117. The van der Waals surface area contributed by atoms with Crippen LogP contribution >= 0.6 is 0 Å². The predicted octanol–water partition coefficient (Wildman–Crippen LogP) is 1.24. The second kappa shape index (κ2) is 3.80. The van der Waals surface area contributed by atoms with Crippen molar-refractivity contribution in [2.45, 2.75) is 6.42 Å². The van der Waals surface area contributed by atoms with Crippen molar-refractivity contribution < 1.29 is 4.79 Å². The molecule has 1 aliphatic rings. The maximum absolute atomic E-state index is 11.6. The third kappa shape index (κ3) is 1.60. The molecule has 2 N–H and O–H groups in total. The summed E-state index contributed by atoms with van der Waals surface area (Å²) in [5.41, 5.74) is 8.48. The Morgan fingerprint density at radius 1 is 1.33 bits per heavy atom. The van der Waals surface area contributed by atoms with Crippen LogP contribution in [-0.2, 0) is 11.2 Å². The zero-order valence-electron chi connectivity index (χ0n) is 9.92. The molecule has 1 amide bonds. The van der Waals surface area contributed by atoms with Crippen molar-refractivity contribution in [1.29, 1.82) is 0 Å². The number of likely N-dealkylation sites (N-methyl/N-ethyl adjacent to an activating group) is 1. The molecule has 0 bridgehead atoms. The lowest BCUT2D eigenvalue weighted by Crippen LogP contribution is -2.20. The van der Waals surface area contributed by atoms with E-state index in [4.69, 9.17) is 5.73 Å². The number of carbonyl (C=O) groups excluding carboxylic acids is 1. The number of aromatic nitrogens is 2. The third-order valence-electron chi connectivity index (χ3n) is 3.09. The van der Waals surface area contributed by atoms with E-state index in [0.29, 0.717) is 18.1 Å². The van der Waals surface area contributed by atoms with Gasteiger partial charge in [0.2, 0.25) is 5.91 Å². The Bertz CT molecular complexity index is 639. The van der Waals surface area contributed by atoms with Crippen LogP contribution in [0.5, 0.6) is 0 Å². The summed E-state index contributed by atoms with van der Waals surface area (Å²) in [5, 5.41) is 0. The first kappa shape index (κ1) is 10.7. The van der Waals surface area contributed by atoms with Gasteiger partial charge in [-0.2, -0.15) is 0 Å². The minimum Gasteiger partial charge on any atom is -0.384 e. The van der Waals surface area contributed by atoms with E-state index in [0.717, 1.165) is 16.8 Å². The molecular weight excluding hydrogens is 228 g/mol. The molecule has 0 atom stereocenters. The van der Waals surface area contributed by atoms with Crippen LogP contribution in [0.4, 0.5) is 11.5 Å². The monoisotopic (exact) mass is 240 g/mol. The summed E-state index contributed by atoms with van der Waals surface area (Å²) in [4.78, 5) is 21.6. The Hall–Kier alpha value is -2.43. The zero-order valence-corrected chi connectivity index (χ0v) is 9.92. The summed E-state index contributed by atoms with van der Waals surface area (Å²) in [5.74, 6) is 1.13. The quantitative estimate of drug-likeness (QED) is 0.814. The minimum atomic E-state index is 0.107. The molecule has 0 aliphatic carbocycles. The van der Waals surface area contributed by atoms with Gasteiger partial charge in [0, 0.05) is 24.5 Å². The highest BCUT2D eigenvalue weighted by Crippen LogP contribution is 2.30. The van der Waals surface area contributed by atoms with Gasteiger partial charge in [0.15, 0.2) is 5.82 Å². The minimum absolute atomic E-state index is 0.107. The number of anilines is 2. The molecule has 0 saturated heterocycles. The van der Waals surface area contributed by atoms with Crippen LogP contribution in [0.3, 0.4) is 0 Å². The standard InChI is InChI=1S/C13H12N4O/c1-17-10-3-2-8(6-9(10)7-12(17)18)13-15-5-4-11(14)16-13/h2-6H,7H2,1H3,(H2,14,15,16). The molecule has 2 heterocycles. The summed E-state index contributed by atoms with van der Waals surface area (Å²) in [6.45, 7) is 0. The molecule has 1 aliphatic heterocycles. The summed E-state index contributed by atoms with van der Waals surface area (Å²) in [6, 6.07) is 7.42. The SMILES string of the molecule is CN1C(=O)Cc2cc(-c3nccc(N)n3)ccc21. The maximum atomic E-state index is 11.6. The Balaban J connectivity index is 2.07. The van der Waals surface area contributed by atoms with Gasteiger partial charge in [0.25, 0.3) is 0 Å². The number of hydrogen-bond donors (Lipinski definition) is 1. The zero-order chi connectivity index (χ0) is 12.7. The van der Waals surface area contributed by atoms with E-state index in [-0.39, 0.29) is 5.91 Å². The fourth-order valence-corrected chi connectivity index (χ4v) is 2.12. The summed E-state index contributed by atoms with van der Waals surface area (Å²) in [7, 11) is 1.78. The van der Waals surface area contributed by atoms with Crippen LogP contribution in [0.1, 0.15) is 5.56 Å². The van der Waals surface area contributed by atoms with E-state index in [1.807, 2.05) is 18.2 Å². The van der Waals surface area contributed by atoms with Crippen molar-refractivity contribution in [3.63, 3.8) is 0 Å². The number of carbonyl (C=O) groups is 1. The highest BCUT2D eigenvalue weighted by molar-refractivity contribution is 6.01. The number of amides is 1. The summed E-state index contributed by atoms with van der Waals surface area (Å²) >= 11 is 0. The largest absolute Gasteiger partial charge is 0.384 e. The topological polar surface area (TPSA) is 72.1 Å². The van der Waals surface area contributed by atoms with Gasteiger partial charge in [0.1, 0.15) is 5.82 Å². The van der Waals surface area contributed by atoms with Crippen LogP contribution in [0.2, 0.25) is 0 Å². The first-order valence-corrected chi connectivity index (χ1v) is 5.63. The molecule has 5 nitrogen and oxygen atoms in total. The van der Waals surface area contributed by atoms with E-state index in [2.05, 4.69) is 9.97 Å². The first-order valence-electron chi connectivity index (χ1n) is 5.63. The molecule has 1 aromatic heterocycles. The second-order valence-electron chi connectivity index (χ2n) is 4.28. The van der Waals surface area contributed by atoms with Crippen LogP contribution in [-0.4, -0.2) is 22.9 Å². The van der Waals surface area contributed by atoms with Crippen molar-refractivity contribution >= 4 is 17.4 Å². The molecule has 3 rings (SSSR count). The normalized spacial score (nSPS) is 13.8. The first-order chi connectivity index (χ1) is 8.65. The van der Waals surface area contributed by atoms with Gasteiger partial charge in [-0.25, -0.2) is 9.97 Å². The molecule has 18 heavy (non-hydrogen) atoms. The molecule has 0 radical (unpaired) electrons. The number of rotatable bonds is 1. The van der Waals surface area contributed by atoms with Crippen LogP contribution in [0, 0.1) is 0 Å². The van der Waals surface area contributed by atoms with E-state index in [1.54, 1.807) is 24.2 Å². The molecule has 1 aromatic carbocycles. The van der Waals surface area contributed by atoms with Crippen LogP contribution in [0.25, 0.3) is 11.4 Å². The average Bonchev–Trinajstić information content (AvgIpc) is 2.65. The van der Waals surface area contributed by atoms with Crippen LogP contribution in [0.15, 0.2) is 30.5 Å². The Morgan fingerprint density at radius 2 is 2.17 bits per heavy atom. The number of benzene rings is 1. The lowest BCUT2D eigenvalue weighted by atomic mass is 10.1.